The maximum absolute atomic E-state index is 14.1. The molecule has 8 rings (SSSR count). The van der Waals surface area contributed by atoms with E-state index in [0.29, 0.717) is 22.3 Å². The van der Waals surface area contributed by atoms with E-state index in [1.807, 2.05) is 0 Å². The molecule has 2 aromatic carbocycles. The van der Waals surface area contributed by atoms with Gasteiger partial charge in [0.05, 0.1) is 17.2 Å². The summed E-state index contributed by atoms with van der Waals surface area (Å²) in [5.41, 5.74) is -0.922. The summed E-state index contributed by atoms with van der Waals surface area (Å²) in [7, 11) is 3.16. The molecular weight excluding hydrogens is 817 g/mol. The normalized spacial score (nSPS) is 28.5. The molecule has 0 unspecified atom stereocenters. The predicted molar refractivity (Wildman–Crippen MR) is 219 cm³/mol. The van der Waals surface area contributed by atoms with E-state index in [1.165, 1.54) is 29.2 Å². The first-order valence-electron chi connectivity index (χ1n) is 20.2. The Morgan fingerprint density at radius 1 is 0.714 bits per heavy atom. The van der Waals surface area contributed by atoms with Crippen LogP contribution in [-0.2, 0) is 32.0 Å². The zero-order valence-corrected chi connectivity index (χ0v) is 34.2. The van der Waals surface area contributed by atoms with Crippen molar-refractivity contribution in [1.29, 1.82) is 0 Å². The van der Waals surface area contributed by atoms with E-state index >= 15 is 0 Å². The SMILES string of the molecule is CC(=O)C1=C(O)[C@@H](N(C)C)[C@@H]2C[C@@H]3Cc4c(C#CCCC#Cc5ccc(O)c6c5C[C@H]5C[C@H]7CC(O)=C(C(N)=O)C(=O)[C@@]7(O)C(O)=C5C6=O)ccc(O)c4C(=O)C3=C(O)[C@]2(O)C1=O. The predicted octanol–water partition coefficient (Wildman–Crippen LogP) is 2.30. The Kier molecular flexibility index (Phi) is 10.1. The summed E-state index contributed by atoms with van der Waals surface area (Å²) >= 11 is 0. The first-order valence-corrected chi connectivity index (χ1v) is 20.2. The first-order chi connectivity index (χ1) is 29.7. The molecule has 0 saturated heterocycles. The summed E-state index contributed by atoms with van der Waals surface area (Å²) < 4.78 is 0. The summed E-state index contributed by atoms with van der Waals surface area (Å²) in [6.45, 7) is 1.05. The lowest BCUT2D eigenvalue weighted by molar-refractivity contribution is -0.148. The van der Waals surface area contributed by atoms with E-state index in [1.54, 1.807) is 14.1 Å². The van der Waals surface area contributed by atoms with Gasteiger partial charge < -0.3 is 46.6 Å². The summed E-state index contributed by atoms with van der Waals surface area (Å²) in [6, 6.07) is 4.54. The molecule has 6 aliphatic rings. The number of likely N-dealkylation sites (N-methyl/N-ethyl adjacent to an activating group) is 1. The van der Waals surface area contributed by atoms with Crippen LogP contribution in [0.25, 0.3) is 0 Å². The van der Waals surface area contributed by atoms with E-state index in [0.717, 1.165) is 6.92 Å². The summed E-state index contributed by atoms with van der Waals surface area (Å²) in [5.74, 6) is -1.76. The van der Waals surface area contributed by atoms with E-state index in [2.05, 4.69) is 23.7 Å². The number of unbranched alkanes of at least 4 members (excludes halogenated alkanes) is 1. The molecule has 1 amide bonds. The number of benzene rings is 2. The number of hydrogen-bond donors (Lipinski definition) is 9. The smallest absolute Gasteiger partial charge is 0.255 e. The van der Waals surface area contributed by atoms with Crippen molar-refractivity contribution in [2.45, 2.75) is 69.1 Å². The highest BCUT2D eigenvalue weighted by Crippen LogP contribution is 2.54. The number of aliphatic hydroxyl groups is 6. The number of aliphatic hydroxyl groups excluding tert-OH is 4. The number of phenols is 2. The van der Waals surface area contributed by atoms with Gasteiger partial charge in [0.2, 0.25) is 11.6 Å². The standard InChI is InChI=1S/C47H42N2O14/c1-19(50)31-40(56)37(49(2)3)27-17-23-16-26-21(11-13-29(52)35(26)39(55)33(23)43(59)47(27,63)41(31)57)9-7-5-4-6-8-20-10-12-28(51)34-25(20)15-22-14-24-18-30(53)36(45(48)61)44(60)46(24,62)42(58)32(22)38(34)54/h10-13,22-24,27,37,51-53,56,58-59,62-63H,4-5,14-18H2,1-3H3,(H2,48,61)/t22-,23+,24+,27+,37+,46+,47-/m1/s1. The van der Waals surface area contributed by atoms with Crippen LogP contribution in [0.5, 0.6) is 11.5 Å². The lowest BCUT2D eigenvalue weighted by Crippen LogP contribution is -2.63. The Balaban J connectivity index is 1.04. The van der Waals surface area contributed by atoms with E-state index < -0.39 is 121 Å². The molecule has 0 heterocycles. The van der Waals surface area contributed by atoms with Crippen molar-refractivity contribution in [3.63, 3.8) is 0 Å². The summed E-state index contributed by atoms with van der Waals surface area (Å²) in [4.78, 5) is 80.7. The van der Waals surface area contributed by atoms with Crippen LogP contribution >= 0.6 is 0 Å². The molecule has 2 aromatic rings. The topological polar surface area (TPSA) is 294 Å². The lowest BCUT2D eigenvalue weighted by atomic mass is 9.58. The van der Waals surface area contributed by atoms with Gasteiger partial charge in [-0.1, -0.05) is 23.7 Å². The average Bonchev–Trinajstić information content (AvgIpc) is 3.20. The number of nitrogens with zero attached hydrogens (tertiary/aromatic N) is 1. The van der Waals surface area contributed by atoms with Gasteiger partial charge in [-0.3, -0.25) is 33.7 Å². The minimum Gasteiger partial charge on any atom is -0.511 e. The van der Waals surface area contributed by atoms with Gasteiger partial charge >= 0.3 is 0 Å². The maximum atomic E-state index is 14.1. The van der Waals surface area contributed by atoms with E-state index in [4.69, 9.17) is 5.73 Å². The zero-order chi connectivity index (χ0) is 45.8. The van der Waals surface area contributed by atoms with Gasteiger partial charge in [-0.05, 0) is 93.9 Å². The molecule has 0 radical (unpaired) electrons. The van der Waals surface area contributed by atoms with Crippen molar-refractivity contribution in [2.24, 2.45) is 29.4 Å². The second-order valence-electron chi connectivity index (χ2n) is 17.1. The number of hydrogen-bond acceptors (Lipinski definition) is 15. The van der Waals surface area contributed by atoms with Crippen molar-refractivity contribution in [3.8, 4) is 35.2 Å². The number of amides is 1. The minimum atomic E-state index is -2.69. The Labute approximate surface area is 359 Å². The number of phenolic OH excluding ortho intramolecular Hbond substituents is 2. The van der Waals surface area contributed by atoms with Gasteiger partial charge in [0, 0.05) is 53.4 Å². The minimum absolute atomic E-state index is 0.0327. The molecule has 0 aromatic heterocycles. The molecule has 16 heteroatoms. The molecule has 0 fully saturated rings. The van der Waals surface area contributed by atoms with Gasteiger partial charge in [0.25, 0.3) is 5.91 Å². The van der Waals surface area contributed by atoms with Crippen LogP contribution in [0.15, 0.2) is 69.6 Å². The molecule has 0 bridgehead atoms. The number of carbonyl (C=O) groups excluding carboxylic acids is 6. The van der Waals surface area contributed by atoms with Gasteiger partial charge in [-0.25, -0.2) is 0 Å². The van der Waals surface area contributed by atoms with Crippen LogP contribution in [0.1, 0.15) is 82.0 Å². The van der Waals surface area contributed by atoms with E-state index in [9.17, 15) is 69.6 Å². The zero-order valence-electron chi connectivity index (χ0n) is 34.2. The quantitative estimate of drug-likeness (QED) is 0.121. The van der Waals surface area contributed by atoms with Crippen LogP contribution in [0.4, 0.5) is 0 Å². The fourth-order valence-corrected chi connectivity index (χ4v) is 10.6. The monoisotopic (exact) mass is 858 g/mol. The number of allylic oxidation sites excluding steroid dienone is 3. The number of aromatic hydroxyl groups is 2. The number of rotatable bonds is 4. The van der Waals surface area contributed by atoms with Crippen LogP contribution < -0.4 is 5.73 Å². The third-order valence-corrected chi connectivity index (χ3v) is 13.5. The fourth-order valence-electron chi connectivity index (χ4n) is 10.6. The molecular formula is C47H42N2O14. The Morgan fingerprint density at radius 3 is 1.67 bits per heavy atom. The molecule has 0 spiro atoms. The van der Waals surface area contributed by atoms with Crippen molar-refractivity contribution in [2.75, 3.05) is 14.1 Å². The van der Waals surface area contributed by atoms with Crippen molar-refractivity contribution in [3.05, 3.63) is 103 Å². The third kappa shape index (κ3) is 6.04. The molecule has 63 heavy (non-hydrogen) atoms. The highest BCUT2D eigenvalue weighted by atomic mass is 16.4. The van der Waals surface area contributed by atoms with Crippen molar-refractivity contribution in [1.82, 2.24) is 4.90 Å². The van der Waals surface area contributed by atoms with Gasteiger partial charge in [0.15, 0.2) is 28.6 Å². The number of primary amides is 1. The first kappa shape index (κ1) is 42.7. The summed E-state index contributed by atoms with van der Waals surface area (Å²) in [6.07, 6.45) is 0.165. The molecule has 16 nitrogen and oxygen atoms in total. The highest BCUT2D eigenvalue weighted by molar-refractivity contribution is 6.26. The largest absolute Gasteiger partial charge is 0.511 e. The average molecular weight is 859 g/mol. The van der Waals surface area contributed by atoms with Crippen LogP contribution in [0.2, 0.25) is 0 Å². The van der Waals surface area contributed by atoms with Crippen LogP contribution in [-0.4, -0.2) is 112 Å². The Hall–Kier alpha value is -6.98. The van der Waals surface area contributed by atoms with Gasteiger partial charge in [-0.15, -0.1) is 0 Å². The number of fused-ring (bicyclic) bond motifs is 6. The van der Waals surface area contributed by atoms with Crippen LogP contribution in [0, 0.1) is 47.4 Å². The van der Waals surface area contributed by atoms with Crippen LogP contribution in [0.3, 0.4) is 0 Å². The Bertz CT molecular complexity index is 2820. The number of nitrogens with two attached hydrogens (primary N) is 1. The number of carbonyl (C=O) groups is 6. The number of ketones is 5. The molecule has 6 aliphatic carbocycles. The van der Waals surface area contributed by atoms with Crippen molar-refractivity contribution < 1.29 is 69.6 Å². The van der Waals surface area contributed by atoms with E-state index in [-0.39, 0.29) is 67.2 Å². The second-order valence-corrected chi connectivity index (χ2v) is 17.1. The molecule has 7 atom stereocenters. The fraction of sp³-hybridized carbons (Fsp3) is 0.362. The molecule has 0 aliphatic heterocycles. The second kappa shape index (κ2) is 14.8. The highest BCUT2D eigenvalue weighted by Gasteiger charge is 2.63. The maximum Gasteiger partial charge on any atom is 0.255 e. The third-order valence-electron chi connectivity index (χ3n) is 13.5. The van der Waals surface area contributed by atoms with Gasteiger partial charge in [0.1, 0.15) is 45.7 Å². The summed E-state index contributed by atoms with van der Waals surface area (Å²) in [5, 5.41) is 89.4. The number of Topliss-reactive ketones (excluding diaryl/α,β-unsaturated/α-hetero) is 5. The Morgan fingerprint density at radius 2 is 1.19 bits per heavy atom. The molecule has 10 N–H and O–H groups in total. The van der Waals surface area contributed by atoms with Crippen molar-refractivity contribution >= 4 is 34.8 Å². The molecule has 0 saturated carbocycles. The molecule has 324 valence electrons. The van der Waals surface area contributed by atoms with Gasteiger partial charge in [-0.2, -0.15) is 0 Å². The lowest BCUT2D eigenvalue weighted by Gasteiger charge is -2.50.